The van der Waals surface area contributed by atoms with Crippen LogP contribution in [-0.2, 0) is 24.2 Å². The van der Waals surface area contributed by atoms with Gasteiger partial charge in [0.05, 0.1) is 6.54 Å². The van der Waals surface area contributed by atoms with Crippen molar-refractivity contribution in [2.45, 2.75) is 49.4 Å². The van der Waals surface area contributed by atoms with E-state index >= 15 is 8.78 Å². The van der Waals surface area contributed by atoms with Gasteiger partial charge in [0.25, 0.3) is 5.92 Å². The van der Waals surface area contributed by atoms with E-state index in [9.17, 15) is 13.9 Å². The van der Waals surface area contributed by atoms with Crippen molar-refractivity contribution < 1.29 is 27.4 Å². The second-order valence-electron chi connectivity index (χ2n) is 9.90. The van der Waals surface area contributed by atoms with Crippen LogP contribution in [0, 0.1) is 17.0 Å². The summed E-state index contributed by atoms with van der Waals surface area (Å²) in [5.41, 5.74) is -4.79. The van der Waals surface area contributed by atoms with E-state index in [-0.39, 0.29) is 19.3 Å². The smallest absolute Gasteiger partial charge is 0.287 e. The quantitative estimate of drug-likeness (QED) is 0.317. The summed E-state index contributed by atoms with van der Waals surface area (Å²) in [4.78, 5) is 4.17. The van der Waals surface area contributed by atoms with Gasteiger partial charge in [0.2, 0.25) is 0 Å². The van der Waals surface area contributed by atoms with Crippen molar-refractivity contribution in [2.75, 3.05) is 0 Å². The molecule has 0 radical (unpaired) electrons. The second-order valence-corrected chi connectivity index (χ2v) is 10.9. The number of tetrazole rings is 1. The number of halogens is 4. The molecular weight excluding hydrogens is 510 g/mol. The van der Waals surface area contributed by atoms with Crippen molar-refractivity contribution in [3.63, 3.8) is 0 Å². The van der Waals surface area contributed by atoms with E-state index in [1.165, 1.54) is 11.3 Å². The predicted octanol–water partition coefficient (Wildman–Crippen LogP) is 4.63. The van der Waals surface area contributed by atoms with E-state index in [2.05, 4.69) is 20.5 Å². The van der Waals surface area contributed by atoms with Crippen LogP contribution in [0.1, 0.15) is 35.4 Å². The largest absolute Gasteiger partial charge is 0.486 e. The molecule has 3 saturated carbocycles. The van der Waals surface area contributed by atoms with E-state index < -0.39 is 46.1 Å². The lowest BCUT2D eigenvalue weighted by molar-refractivity contribution is -0.347. The van der Waals surface area contributed by atoms with E-state index in [1.54, 1.807) is 18.3 Å². The van der Waals surface area contributed by atoms with E-state index in [0.29, 0.717) is 18.4 Å². The third-order valence-electron chi connectivity index (χ3n) is 7.69. The van der Waals surface area contributed by atoms with Crippen molar-refractivity contribution >= 4 is 11.3 Å². The third-order valence-corrected chi connectivity index (χ3v) is 8.44. The van der Waals surface area contributed by atoms with Gasteiger partial charge in [-0.15, -0.1) is 16.4 Å². The summed E-state index contributed by atoms with van der Waals surface area (Å²) in [7, 11) is 0. The lowest BCUT2D eigenvalue weighted by Crippen LogP contribution is -2.76. The summed E-state index contributed by atoms with van der Waals surface area (Å²) in [6, 6.07) is 9.52. The average molecular weight is 532 g/mol. The van der Waals surface area contributed by atoms with Crippen molar-refractivity contribution in [1.82, 2.24) is 25.2 Å². The summed E-state index contributed by atoms with van der Waals surface area (Å²) in [5, 5.41) is 24.6. The van der Waals surface area contributed by atoms with Crippen LogP contribution in [0.2, 0.25) is 0 Å². The number of aliphatic hydroxyl groups is 1. The Kier molecular flexibility index (Phi) is 5.39. The van der Waals surface area contributed by atoms with Gasteiger partial charge in [-0.2, -0.15) is 0 Å². The lowest BCUT2D eigenvalue weighted by Gasteiger charge is -2.74. The molecule has 192 valence electrons. The van der Waals surface area contributed by atoms with Crippen LogP contribution in [-0.4, -0.2) is 36.2 Å². The highest BCUT2D eigenvalue weighted by molar-refractivity contribution is 7.09. The number of ether oxygens (including phenoxy) is 1. The molecule has 0 spiro atoms. The summed E-state index contributed by atoms with van der Waals surface area (Å²) in [6.07, 6.45) is 3.12. The fraction of sp³-hybridized carbons (Fsp3) is 0.360. The molecule has 0 amide bonds. The van der Waals surface area contributed by atoms with E-state index in [4.69, 9.17) is 4.74 Å². The topological polar surface area (TPSA) is 86.0 Å². The molecule has 2 aromatic heterocycles. The molecule has 7 rings (SSSR count). The van der Waals surface area contributed by atoms with Gasteiger partial charge in [0.15, 0.2) is 5.60 Å². The molecule has 0 saturated heterocycles. The van der Waals surface area contributed by atoms with E-state index in [1.807, 2.05) is 17.5 Å². The molecule has 0 unspecified atom stereocenters. The Bertz CT molecular complexity index is 1400. The first kappa shape index (κ1) is 24.0. The van der Waals surface area contributed by atoms with Crippen molar-refractivity contribution in [2.24, 2.45) is 5.41 Å². The first-order chi connectivity index (χ1) is 17.7. The highest BCUT2D eigenvalue weighted by Crippen LogP contribution is 2.80. The molecule has 7 nitrogen and oxygen atoms in total. The number of alkyl halides is 2. The minimum Gasteiger partial charge on any atom is -0.486 e. The zero-order valence-corrected chi connectivity index (χ0v) is 20.1. The van der Waals surface area contributed by atoms with Gasteiger partial charge in [-0.25, -0.2) is 27.2 Å². The molecule has 0 aliphatic heterocycles. The van der Waals surface area contributed by atoms with Gasteiger partial charge in [-0.05, 0) is 64.9 Å². The van der Waals surface area contributed by atoms with Gasteiger partial charge < -0.3 is 9.84 Å². The maximum Gasteiger partial charge on any atom is 0.287 e. The molecule has 2 heterocycles. The van der Waals surface area contributed by atoms with Gasteiger partial charge in [-0.1, -0.05) is 12.1 Å². The molecule has 2 aromatic carbocycles. The van der Waals surface area contributed by atoms with Crippen LogP contribution in [0.4, 0.5) is 17.6 Å². The third kappa shape index (κ3) is 3.64. The Labute approximate surface area is 212 Å². The normalized spacial score (nSPS) is 24.1. The molecule has 3 aliphatic rings. The molecular formula is C25H21F4N5O2S. The standard InChI is InChI=1S/C25H21F4N5O2S/c26-17-3-6-19(20(27)9-17)24(35,14-34-15-31-32-33-34)25(28,29)23-11-22(12-23,13-23)16-1-4-18(5-2-16)36-10-21-30-7-8-37-21/h1-9,15,35H,10-14H2/t22?,23?,24-/m0/s1. The first-order valence-electron chi connectivity index (χ1n) is 11.5. The summed E-state index contributed by atoms with van der Waals surface area (Å²) >= 11 is 1.49. The molecule has 1 N–H and O–H groups in total. The van der Waals surface area contributed by atoms with Crippen LogP contribution >= 0.6 is 11.3 Å². The number of rotatable bonds is 9. The molecule has 37 heavy (non-hydrogen) atoms. The lowest BCUT2D eigenvalue weighted by atomic mass is 9.30. The Hall–Kier alpha value is -3.38. The van der Waals surface area contributed by atoms with Crippen molar-refractivity contribution in [3.8, 4) is 5.75 Å². The van der Waals surface area contributed by atoms with Crippen molar-refractivity contribution in [1.29, 1.82) is 0 Å². The van der Waals surface area contributed by atoms with Gasteiger partial charge in [0.1, 0.15) is 35.3 Å². The predicted molar refractivity (Wildman–Crippen MR) is 124 cm³/mol. The number of nitrogens with zero attached hydrogens (tertiary/aromatic N) is 5. The first-order valence-corrected chi connectivity index (χ1v) is 12.4. The molecule has 3 fully saturated rings. The Morgan fingerprint density at radius 1 is 1.08 bits per heavy atom. The van der Waals surface area contributed by atoms with Crippen LogP contribution in [0.25, 0.3) is 0 Å². The van der Waals surface area contributed by atoms with Gasteiger partial charge in [-0.3, -0.25) is 0 Å². The number of aromatic nitrogens is 5. The molecule has 3 aliphatic carbocycles. The molecule has 2 bridgehead atoms. The summed E-state index contributed by atoms with van der Waals surface area (Å²) in [6.45, 7) is -0.452. The fourth-order valence-corrected chi connectivity index (χ4v) is 6.43. The van der Waals surface area contributed by atoms with E-state index in [0.717, 1.165) is 33.7 Å². The Balaban J connectivity index is 1.23. The minimum absolute atomic E-state index is 0.118. The molecule has 1 atom stereocenters. The highest BCUT2D eigenvalue weighted by Gasteiger charge is 2.82. The molecule has 12 heteroatoms. The molecule has 4 aromatic rings. The zero-order chi connectivity index (χ0) is 25.9. The number of benzene rings is 2. The zero-order valence-electron chi connectivity index (χ0n) is 19.3. The van der Waals surface area contributed by atoms with Crippen LogP contribution in [0.5, 0.6) is 5.75 Å². The number of thiazole rings is 1. The summed E-state index contributed by atoms with van der Waals surface area (Å²) < 4.78 is 67.5. The minimum atomic E-state index is -3.76. The summed E-state index contributed by atoms with van der Waals surface area (Å²) in [5.74, 6) is -5.31. The van der Waals surface area contributed by atoms with Gasteiger partial charge >= 0.3 is 0 Å². The maximum absolute atomic E-state index is 16.3. The van der Waals surface area contributed by atoms with Crippen LogP contribution < -0.4 is 4.74 Å². The number of hydrogen-bond donors (Lipinski definition) is 1. The maximum atomic E-state index is 16.3. The van der Waals surface area contributed by atoms with Crippen LogP contribution in [0.3, 0.4) is 0 Å². The van der Waals surface area contributed by atoms with Crippen LogP contribution in [0.15, 0.2) is 60.4 Å². The van der Waals surface area contributed by atoms with Crippen molar-refractivity contribution in [3.05, 3.63) is 88.1 Å². The number of hydrogen-bond acceptors (Lipinski definition) is 7. The average Bonchev–Trinajstić information content (AvgIpc) is 3.50. The SMILES string of the molecule is O[C@@](Cn1cnnn1)(c1ccc(F)cc1F)C(F)(F)C12CC(c3ccc(OCc4nccs4)cc3)(C1)C2. The highest BCUT2D eigenvalue weighted by atomic mass is 32.1. The fourth-order valence-electron chi connectivity index (χ4n) is 5.91. The monoisotopic (exact) mass is 531 g/mol. The Morgan fingerprint density at radius 2 is 1.84 bits per heavy atom. The Morgan fingerprint density at radius 3 is 2.46 bits per heavy atom. The van der Waals surface area contributed by atoms with Gasteiger partial charge in [0, 0.05) is 28.6 Å². The second kappa shape index (κ2) is 8.32.